The van der Waals surface area contributed by atoms with Crippen molar-refractivity contribution in [2.45, 2.75) is 25.8 Å². The highest BCUT2D eigenvalue weighted by atomic mass is 32.2. The molecule has 0 radical (unpaired) electrons. The molecular formula is C20H23N3O5S. The number of sulfonamides is 1. The van der Waals surface area contributed by atoms with Gasteiger partial charge in [-0.3, -0.25) is 19.2 Å². The van der Waals surface area contributed by atoms with Crippen molar-refractivity contribution in [3.63, 3.8) is 0 Å². The maximum atomic E-state index is 13.0. The van der Waals surface area contributed by atoms with Crippen LogP contribution in [0.3, 0.4) is 0 Å². The van der Waals surface area contributed by atoms with Gasteiger partial charge in [-0.15, -0.1) is 0 Å². The van der Waals surface area contributed by atoms with Gasteiger partial charge in [-0.1, -0.05) is 12.1 Å². The number of benzene rings is 2. The average molecular weight is 417 g/mol. The van der Waals surface area contributed by atoms with Gasteiger partial charge in [0, 0.05) is 31.3 Å². The van der Waals surface area contributed by atoms with Crippen LogP contribution in [0.2, 0.25) is 0 Å². The van der Waals surface area contributed by atoms with E-state index in [2.05, 4.69) is 0 Å². The normalized spacial score (nSPS) is 14.8. The maximum absolute atomic E-state index is 13.0. The predicted molar refractivity (Wildman–Crippen MR) is 111 cm³/mol. The van der Waals surface area contributed by atoms with E-state index in [4.69, 9.17) is 0 Å². The molecular weight excluding hydrogens is 394 g/mol. The van der Waals surface area contributed by atoms with Crippen LogP contribution < -0.4 is 4.31 Å². The van der Waals surface area contributed by atoms with Crippen LogP contribution in [-0.2, 0) is 16.4 Å². The number of anilines is 1. The number of non-ortho nitro benzene ring substituents is 1. The van der Waals surface area contributed by atoms with E-state index < -0.39 is 14.9 Å². The van der Waals surface area contributed by atoms with Crippen LogP contribution in [0, 0.1) is 10.1 Å². The Morgan fingerprint density at radius 1 is 1.24 bits per heavy atom. The Hall–Kier alpha value is -2.94. The summed E-state index contributed by atoms with van der Waals surface area (Å²) in [5.41, 5.74) is 2.54. The van der Waals surface area contributed by atoms with Crippen molar-refractivity contribution < 1.29 is 18.1 Å². The summed E-state index contributed by atoms with van der Waals surface area (Å²) in [6.07, 6.45) is 2.57. The number of amides is 1. The molecule has 0 aromatic heterocycles. The zero-order valence-electron chi connectivity index (χ0n) is 16.5. The number of nitrogens with zero attached hydrogens (tertiary/aromatic N) is 3. The highest BCUT2D eigenvalue weighted by Gasteiger charge is 2.26. The van der Waals surface area contributed by atoms with Crippen molar-refractivity contribution in [3.05, 3.63) is 69.3 Å². The van der Waals surface area contributed by atoms with Crippen molar-refractivity contribution in [2.75, 3.05) is 24.2 Å². The minimum Gasteiger partial charge on any atom is -0.335 e. The second-order valence-corrected chi connectivity index (χ2v) is 9.13. The minimum absolute atomic E-state index is 0.0233. The molecule has 29 heavy (non-hydrogen) atoms. The van der Waals surface area contributed by atoms with E-state index in [0.29, 0.717) is 36.2 Å². The van der Waals surface area contributed by atoms with Crippen LogP contribution in [0.1, 0.15) is 40.9 Å². The molecule has 0 bridgehead atoms. The summed E-state index contributed by atoms with van der Waals surface area (Å²) < 4.78 is 25.4. The van der Waals surface area contributed by atoms with Gasteiger partial charge in [0.25, 0.3) is 11.6 Å². The van der Waals surface area contributed by atoms with E-state index in [1.165, 1.54) is 27.6 Å². The third kappa shape index (κ3) is 4.24. The van der Waals surface area contributed by atoms with E-state index in [1.54, 1.807) is 44.3 Å². The summed E-state index contributed by atoms with van der Waals surface area (Å²) in [5.74, 6) is -0.233. The highest BCUT2D eigenvalue weighted by Crippen LogP contribution is 2.31. The number of nitro groups is 1. The Balaban J connectivity index is 1.87. The molecule has 9 heteroatoms. The molecule has 0 aliphatic carbocycles. The fraction of sp³-hybridized carbons (Fsp3) is 0.350. The lowest BCUT2D eigenvalue weighted by atomic mass is 9.99. The Morgan fingerprint density at radius 3 is 2.62 bits per heavy atom. The van der Waals surface area contributed by atoms with Crippen molar-refractivity contribution in [1.29, 1.82) is 0 Å². The van der Waals surface area contributed by atoms with Crippen LogP contribution in [0.15, 0.2) is 42.5 Å². The van der Waals surface area contributed by atoms with Crippen LogP contribution in [-0.4, -0.2) is 44.0 Å². The summed E-state index contributed by atoms with van der Waals surface area (Å²) in [6.45, 7) is 2.24. The van der Waals surface area contributed by atoms with Gasteiger partial charge in [-0.2, -0.15) is 0 Å². The first-order valence-electron chi connectivity index (χ1n) is 9.21. The molecule has 1 heterocycles. The molecule has 3 rings (SSSR count). The number of carbonyl (C=O) groups is 1. The largest absolute Gasteiger partial charge is 0.335 e. The standard InChI is InChI=1S/C20H23N3O5S/c1-14(15-6-4-8-18(13-15)23(25)26)21(2)20(24)17-9-10-19-16(12-17)7-5-11-22(19)29(3,27)28/h4,6,8-10,12-14H,5,7,11H2,1-3H3/t14-/m1/s1. The van der Waals surface area contributed by atoms with Gasteiger partial charge in [0.1, 0.15) is 0 Å². The van der Waals surface area contributed by atoms with Crippen LogP contribution in [0.25, 0.3) is 0 Å². The molecule has 0 fully saturated rings. The Kier molecular flexibility index (Phi) is 5.61. The van der Waals surface area contributed by atoms with Gasteiger partial charge in [0.15, 0.2) is 0 Å². The minimum atomic E-state index is -3.37. The molecule has 0 saturated carbocycles. The molecule has 1 atom stereocenters. The smallest absolute Gasteiger partial charge is 0.269 e. The van der Waals surface area contributed by atoms with Crippen molar-refractivity contribution >= 4 is 27.3 Å². The highest BCUT2D eigenvalue weighted by molar-refractivity contribution is 7.92. The van der Waals surface area contributed by atoms with Gasteiger partial charge in [0.05, 0.1) is 22.9 Å². The molecule has 154 valence electrons. The second kappa shape index (κ2) is 7.82. The predicted octanol–water partition coefficient (Wildman–Crippen LogP) is 3.14. The van der Waals surface area contributed by atoms with Gasteiger partial charge in [-0.25, -0.2) is 8.42 Å². The Bertz CT molecular complexity index is 1070. The molecule has 8 nitrogen and oxygen atoms in total. The van der Waals surface area contributed by atoms with E-state index in [1.807, 2.05) is 0 Å². The SMILES string of the molecule is C[C@H](c1cccc([N+](=O)[O-])c1)N(C)C(=O)c1ccc2c(c1)CCCN2S(C)(=O)=O. The van der Waals surface area contributed by atoms with Gasteiger partial charge >= 0.3 is 0 Å². The lowest BCUT2D eigenvalue weighted by molar-refractivity contribution is -0.384. The third-order valence-corrected chi connectivity index (χ3v) is 6.45. The topological polar surface area (TPSA) is 101 Å². The number of hydrogen-bond acceptors (Lipinski definition) is 5. The van der Waals surface area contributed by atoms with Gasteiger partial charge < -0.3 is 4.90 Å². The zero-order chi connectivity index (χ0) is 21.3. The molecule has 2 aromatic carbocycles. The summed E-state index contributed by atoms with van der Waals surface area (Å²) in [5, 5.41) is 11.0. The first-order chi connectivity index (χ1) is 13.6. The van der Waals surface area contributed by atoms with Crippen LogP contribution in [0.5, 0.6) is 0 Å². The van der Waals surface area contributed by atoms with Crippen molar-refractivity contribution in [3.8, 4) is 0 Å². The first kappa shape index (κ1) is 20.8. The molecule has 0 saturated heterocycles. The zero-order valence-corrected chi connectivity index (χ0v) is 17.3. The van der Waals surface area contributed by atoms with E-state index >= 15 is 0 Å². The Morgan fingerprint density at radius 2 is 1.97 bits per heavy atom. The quantitative estimate of drug-likeness (QED) is 0.549. The summed E-state index contributed by atoms with van der Waals surface area (Å²) in [7, 11) is -1.72. The number of rotatable bonds is 5. The molecule has 0 unspecified atom stereocenters. The van der Waals surface area contributed by atoms with Gasteiger partial charge in [0.2, 0.25) is 10.0 Å². The van der Waals surface area contributed by atoms with Crippen LogP contribution in [0.4, 0.5) is 11.4 Å². The number of fused-ring (bicyclic) bond motifs is 1. The number of hydrogen-bond donors (Lipinski definition) is 0. The maximum Gasteiger partial charge on any atom is 0.269 e. The molecule has 0 spiro atoms. The van der Waals surface area contributed by atoms with E-state index in [0.717, 1.165) is 5.56 Å². The summed E-state index contributed by atoms with van der Waals surface area (Å²) in [6, 6.07) is 10.9. The second-order valence-electron chi connectivity index (χ2n) is 7.23. The lowest BCUT2D eigenvalue weighted by Gasteiger charge is -2.30. The number of aryl methyl sites for hydroxylation is 1. The fourth-order valence-electron chi connectivity index (χ4n) is 3.54. The first-order valence-corrected chi connectivity index (χ1v) is 11.1. The number of carbonyl (C=O) groups excluding carboxylic acids is 1. The van der Waals surface area contributed by atoms with Crippen molar-refractivity contribution in [1.82, 2.24) is 4.90 Å². The summed E-state index contributed by atoms with van der Waals surface area (Å²) in [4.78, 5) is 25.1. The molecule has 1 aliphatic heterocycles. The van der Waals surface area contributed by atoms with E-state index in [-0.39, 0.29) is 17.6 Å². The fourth-order valence-corrected chi connectivity index (χ4v) is 4.54. The molecule has 2 aromatic rings. The monoisotopic (exact) mass is 417 g/mol. The average Bonchev–Trinajstić information content (AvgIpc) is 2.70. The van der Waals surface area contributed by atoms with Gasteiger partial charge in [-0.05, 0) is 49.1 Å². The molecule has 1 amide bonds. The summed E-state index contributed by atoms with van der Waals surface area (Å²) >= 11 is 0. The Labute approximate surface area is 169 Å². The van der Waals surface area contributed by atoms with Crippen molar-refractivity contribution in [2.24, 2.45) is 0 Å². The lowest BCUT2D eigenvalue weighted by Crippen LogP contribution is -2.35. The molecule has 0 N–H and O–H groups in total. The third-order valence-electron chi connectivity index (χ3n) is 5.27. The number of nitro benzene ring substituents is 1. The van der Waals surface area contributed by atoms with Crippen LogP contribution >= 0.6 is 0 Å². The van der Waals surface area contributed by atoms with E-state index in [9.17, 15) is 23.3 Å². The molecule has 1 aliphatic rings.